The minimum absolute atomic E-state index is 0.164. The van der Waals surface area contributed by atoms with Crippen molar-refractivity contribution in [3.63, 3.8) is 0 Å². The molecule has 1 N–H and O–H groups in total. The molecule has 0 saturated heterocycles. The van der Waals surface area contributed by atoms with Crippen LogP contribution in [0.4, 0.5) is 0 Å². The van der Waals surface area contributed by atoms with Crippen molar-refractivity contribution in [3.8, 4) is 5.75 Å². The van der Waals surface area contributed by atoms with Gasteiger partial charge in [-0.25, -0.2) is 8.42 Å². The Kier molecular flexibility index (Phi) is 5.00. The van der Waals surface area contributed by atoms with E-state index in [-0.39, 0.29) is 17.4 Å². The fourth-order valence-corrected chi connectivity index (χ4v) is 4.44. The molecule has 0 bridgehead atoms. The summed E-state index contributed by atoms with van der Waals surface area (Å²) in [4.78, 5) is 0. The number of hydrogen-bond donors (Lipinski definition) is 1. The van der Waals surface area contributed by atoms with Crippen LogP contribution in [0.15, 0.2) is 39.9 Å². The van der Waals surface area contributed by atoms with Crippen LogP contribution in [-0.2, 0) is 23.2 Å². The summed E-state index contributed by atoms with van der Waals surface area (Å²) in [6.07, 6.45) is 0. The monoisotopic (exact) mass is 327 g/mol. The predicted octanol–water partition coefficient (Wildman–Crippen LogP) is 2.07. The predicted molar refractivity (Wildman–Crippen MR) is 81.9 cm³/mol. The molecule has 0 atom stereocenters. The highest BCUT2D eigenvalue weighted by atomic mass is 32.2. The first-order valence-corrected chi connectivity index (χ1v) is 8.57. The first kappa shape index (κ1) is 16.0. The van der Waals surface area contributed by atoms with E-state index in [9.17, 15) is 8.42 Å². The maximum atomic E-state index is 12.5. The van der Waals surface area contributed by atoms with E-state index in [0.717, 1.165) is 16.9 Å². The minimum Gasteiger partial charge on any atom is -0.496 e. The first-order chi connectivity index (χ1) is 9.98. The SMILES string of the molecule is COc1ccccc1CN(C)S(=O)(=O)c1cc(CO)cs1. The van der Waals surface area contributed by atoms with Crippen LogP contribution >= 0.6 is 11.3 Å². The first-order valence-electron chi connectivity index (χ1n) is 6.25. The molecular weight excluding hydrogens is 310 g/mol. The zero-order valence-corrected chi connectivity index (χ0v) is 13.4. The van der Waals surface area contributed by atoms with Crippen molar-refractivity contribution in [1.29, 1.82) is 0 Å². The van der Waals surface area contributed by atoms with Crippen LogP contribution in [0.2, 0.25) is 0 Å². The Balaban J connectivity index is 2.24. The highest BCUT2D eigenvalue weighted by Gasteiger charge is 2.23. The van der Waals surface area contributed by atoms with Crippen LogP contribution in [0, 0.1) is 0 Å². The number of aliphatic hydroxyl groups excluding tert-OH is 1. The molecule has 0 spiro atoms. The number of sulfonamides is 1. The molecular formula is C14H17NO4S2. The van der Waals surface area contributed by atoms with E-state index in [0.29, 0.717) is 11.3 Å². The van der Waals surface area contributed by atoms with Gasteiger partial charge in [0, 0.05) is 19.2 Å². The van der Waals surface area contributed by atoms with E-state index < -0.39 is 10.0 Å². The molecule has 5 nitrogen and oxygen atoms in total. The van der Waals surface area contributed by atoms with Crippen LogP contribution < -0.4 is 4.74 Å². The summed E-state index contributed by atoms with van der Waals surface area (Å²) < 4.78 is 31.7. The Labute approximate surface area is 128 Å². The molecule has 0 radical (unpaired) electrons. The van der Waals surface area contributed by atoms with Crippen molar-refractivity contribution in [3.05, 3.63) is 46.8 Å². The Morgan fingerprint density at radius 3 is 2.67 bits per heavy atom. The molecule has 1 heterocycles. The Hall–Kier alpha value is -1.41. The van der Waals surface area contributed by atoms with E-state index in [4.69, 9.17) is 9.84 Å². The van der Waals surface area contributed by atoms with Crippen molar-refractivity contribution in [1.82, 2.24) is 4.31 Å². The summed E-state index contributed by atoms with van der Waals surface area (Å²) in [5, 5.41) is 10.7. The fraction of sp³-hybridized carbons (Fsp3) is 0.286. The average molecular weight is 327 g/mol. The van der Waals surface area contributed by atoms with Gasteiger partial charge >= 0.3 is 0 Å². The molecule has 0 aliphatic rings. The maximum absolute atomic E-state index is 12.5. The number of hydrogen-bond acceptors (Lipinski definition) is 5. The fourth-order valence-electron chi connectivity index (χ4n) is 1.88. The Bertz CT molecular complexity index is 709. The van der Waals surface area contributed by atoms with Crippen molar-refractivity contribution in [2.24, 2.45) is 0 Å². The summed E-state index contributed by atoms with van der Waals surface area (Å²) in [5.41, 5.74) is 1.40. The van der Waals surface area contributed by atoms with Crippen molar-refractivity contribution in [2.75, 3.05) is 14.2 Å². The summed E-state index contributed by atoms with van der Waals surface area (Å²) in [5.74, 6) is 0.654. The van der Waals surface area contributed by atoms with Gasteiger partial charge < -0.3 is 9.84 Å². The van der Waals surface area contributed by atoms with Gasteiger partial charge in [-0.2, -0.15) is 4.31 Å². The summed E-state index contributed by atoms with van der Waals surface area (Å²) >= 11 is 1.11. The minimum atomic E-state index is -3.57. The standard InChI is InChI=1S/C14H17NO4S2/c1-15(8-12-5-3-4-6-13(12)19-2)21(17,18)14-7-11(9-16)10-20-14/h3-7,10,16H,8-9H2,1-2H3. The molecule has 0 aliphatic heterocycles. The lowest BCUT2D eigenvalue weighted by Crippen LogP contribution is -2.26. The van der Waals surface area contributed by atoms with Crippen molar-refractivity contribution < 1.29 is 18.3 Å². The van der Waals surface area contributed by atoms with Crippen LogP contribution in [0.1, 0.15) is 11.1 Å². The van der Waals surface area contributed by atoms with Gasteiger partial charge in [0.2, 0.25) is 0 Å². The van der Waals surface area contributed by atoms with Crippen LogP contribution in [0.25, 0.3) is 0 Å². The van der Waals surface area contributed by atoms with E-state index in [1.807, 2.05) is 18.2 Å². The maximum Gasteiger partial charge on any atom is 0.252 e. The van der Waals surface area contributed by atoms with Gasteiger partial charge in [-0.3, -0.25) is 0 Å². The van der Waals surface area contributed by atoms with Crippen LogP contribution in [0.3, 0.4) is 0 Å². The molecule has 0 saturated carbocycles. The lowest BCUT2D eigenvalue weighted by atomic mass is 10.2. The number of benzene rings is 1. The second kappa shape index (κ2) is 6.57. The zero-order valence-electron chi connectivity index (χ0n) is 11.8. The molecule has 1 aromatic heterocycles. The van der Waals surface area contributed by atoms with E-state index in [1.54, 1.807) is 18.6 Å². The van der Waals surface area contributed by atoms with Gasteiger partial charge in [-0.15, -0.1) is 11.3 Å². The molecule has 0 unspecified atom stereocenters. The largest absolute Gasteiger partial charge is 0.496 e. The molecule has 2 rings (SSSR count). The third-order valence-corrected chi connectivity index (χ3v) is 6.33. The van der Waals surface area contributed by atoms with Gasteiger partial charge in [0.1, 0.15) is 9.96 Å². The molecule has 0 fully saturated rings. The quantitative estimate of drug-likeness (QED) is 0.882. The molecule has 0 amide bonds. The summed E-state index contributed by atoms with van der Waals surface area (Å²) in [6.45, 7) is 0.0565. The molecule has 2 aromatic rings. The Morgan fingerprint density at radius 1 is 1.33 bits per heavy atom. The van der Waals surface area contributed by atoms with Gasteiger partial charge in [-0.1, -0.05) is 18.2 Å². The lowest BCUT2D eigenvalue weighted by Gasteiger charge is -2.17. The molecule has 0 aliphatic carbocycles. The van der Waals surface area contributed by atoms with E-state index in [2.05, 4.69) is 0 Å². The van der Waals surface area contributed by atoms with E-state index in [1.165, 1.54) is 17.4 Å². The molecule has 21 heavy (non-hydrogen) atoms. The number of ether oxygens (including phenoxy) is 1. The number of nitrogens with zero attached hydrogens (tertiary/aromatic N) is 1. The van der Waals surface area contributed by atoms with Gasteiger partial charge in [-0.05, 0) is 23.1 Å². The third kappa shape index (κ3) is 3.44. The van der Waals surface area contributed by atoms with Crippen molar-refractivity contribution in [2.45, 2.75) is 17.4 Å². The summed E-state index contributed by atoms with van der Waals surface area (Å²) in [6, 6.07) is 8.80. The van der Waals surface area contributed by atoms with E-state index >= 15 is 0 Å². The zero-order chi connectivity index (χ0) is 15.5. The van der Waals surface area contributed by atoms with Crippen LogP contribution in [-0.4, -0.2) is 32.0 Å². The highest BCUT2D eigenvalue weighted by molar-refractivity contribution is 7.91. The van der Waals surface area contributed by atoms with Crippen LogP contribution in [0.5, 0.6) is 5.75 Å². The molecule has 114 valence electrons. The van der Waals surface area contributed by atoms with Gasteiger partial charge in [0.15, 0.2) is 0 Å². The van der Waals surface area contributed by atoms with Gasteiger partial charge in [0.25, 0.3) is 10.0 Å². The molecule has 7 heteroatoms. The third-order valence-electron chi connectivity index (χ3n) is 3.06. The smallest absolute Gasteiger partial charge is 0.252 e. The summed E-state index contributed by atoms with van der Waals surface area (Å²) in [7, 11) is -0.483. The normalized spacial score (nSPS) is 11.8. The topological polar surface area (TPSA) is 66.8 Å². The highest BCUT2D eigenvalue weighted by Crippen LogP contribution is 2.26. The second-order valence-corrected chi connectivity index (χ2v) is 7.69. The number of thiophene rings is 1. The second-order valence-electron chi connectivity index (χ2n) is 4.51. The number of methoxy groups -OCH3 is 1. The van der Waals surface area contributed by atoms with Gasteiger partial charge in [0.05, 0.1) is 13.7 Å². The lowest BCUT2D eigenvalue weighted by molar-refractivity contribution is 0.282. The number of aliphatic hydroxyl groups is 1. The number of para-hydroxylation sites is 1. The Morgan fingerprint density at radius 2 is 2.05 bits per heavy atom. The average Bonchev–Trinajstić information content (AvgIpc) is 2.97. The number of rotatable bonds is 6. The van der Waals surface area contributed by atoms with Crippen molar-refractivity contribution >= 4 is 21.4 Å². The molecule has 1 aromatic carbocycles.